The van der Waals surface area contributed by atoms with Gasteiger partial charge < -0.3 is 10.4 Å². The summed E-state index contributed by atoms with van der Waals surface area (Å²) in [5, 5.41) is 11.7. The molecule has 0 rings (SSSR count). The van der Waals surface area contributed by atoms with Crippen molar-refractivity contribution in [2.45, 2.75) is 58.1 Å². The van der Waals surface area contributed by atoms with Crippen LogP contribution in [-0.4, -0.2) is 30.2 Å². The predicted octanol–water partition coefficient (Wildman–Crippen LogP) is 2.17. The molecule has 0 aliphatic heterocycles. The summed E-state index contributed by atoms with van der Waals surface area (Å²) in [5.74, 6) is 0. The largest absolute Gasteiger partial charge is 0.386 e. The van der Waals surface area contributed by atoms with Crippen molar-refractivity contribution in [2.24, 2.45) is 0 Å². The van der Waals surface area contributed by atoms with Crippen molar-refractivity contribution in [3.63, 3.8) is 0 Å². The van der Waals surface area contributed by atoms with Gasteiger partial charge in [-0.25, -0.2) is 8.78 Å². The zero-order valence-electron chi connectivity index (χ0n) is 8.97. The van der Waals surface area contributed by atoms with E-state index in [2.05, 4.69) is 12.2 Å². The molecular weight excluding hydrogens is 188 g/mol. The van der Waals surface area contributed by atoms with Gasteiger partial charge in [-0.15, -0.1) is 0 Å². The normalized spacial score (nSPS) is 15.9. The molecule has 14 heavy (non-hydrogen) atoms. The highest BCUT2D eigenvalue weighted by Gasteiger charge is 2.16. The Bertz CT molecular complexity index is 133. The molecule has 86 valence electrons. The number of alkyl halides is 2. The van der Waals surface area contributed by atoms with E-state index in [0.29, 0.717) is 0 Å². The topological polar surface area (TPSA) is 32.3 Å². The van der Waals surface area contributed by atoms with Gasteiger partial charge in [0, 0.05) is 12.6 Å². The van der Waals surface area contributed by atoms with Crippen LogP contribution >= 0.6 is 0 Å². The molecule has 0 heterocycles. The number of rotatable bonds is 8. The lowest BCUT2D eigenvalue weighted by molar-refractivity contribution is -0.00448. The third-order valence-corrected chi connectivity index (χ3v) is 2.21. The van der Waals surface area contributed by atoms with Crippen LogP contribution in [-0.2, 0) is 0 Å². The Labute approximate surface area is 84.7 Å². The summed E-state index contributed by atoms with van der Waals surface area (Å²) in [6.45, 7) is 4.05. The quantitative estimate of drug-likeness (QED) is 0.600. The molecule has 0 saturated heterocycles. The lowest BCUT2D eigenvalue weighted by Gasteiger charge is -2.16. The van der Waals surface area contributed by atoms with Crippen LogP contribution in [0, 0.1) is 0 Å². The molecule has 0 aromatic heterocycles. The number of hydrogen-bond acceptors (Lipinski definition) is 2. The van der Waals surface area contributed by atoms with Crippen LogP contribution < -0.4 is 5.32 Å². The Hall–Kier alpha value is -0.220. The molecule has 0 fully saturated rings. The molecule has 0 amide bonds. The van der Waals surface area contributed by atoms with Crippen molar-refractivity contribution >= 4 is 0 Å². The molecule has 0 aliphatic carbocycles. The Morgan fingerprint density at radius 1 is 1.29 bits per heavy atom. The second-order valence-corrected chi connectivity index (χ2v) is 3.71. The molecule has 0 aromatic carbocycles. The van der Waals surface area contributed by atoms with E-state index in [4.69, 9.17) is 5.11 Å². The number of aliphatic hydroxyl groups excluding tert-OH is 1. The molecule has 0 aromatic rings. The van der Waals surface area contributed by atoms with Gasteiger partial charge in [0.05, 0.1) is 0 Å². The number of unbranched alkanes of at least 4 members (excludes halogenated alkanes) is 2. The molecule has 0 aliphatic rings. The van der Waals surface area contributed by atoms with Crippen LogP contribution in [0.2, 0.25) is 0 Å². The van der Waals surface area contributed by atoms with Crippen molar-refractivity contribution < 1.29 is 13.9 Å². The van der Waals surface area contributed by atoms with E-state index < -0.39 is 12.5 Å². The summed E-state index contributed by atoms with van der Waals surface area (Å²) in [6, 6.07) is 0.204. The number of hydrogen-bond donors (Lipinski definition) is 2. The average molecular weight is 209 g/mol. The Morgan fingerprint density at radius 2 is 1.93 bits per heavy atom. The fourth-order valence-electron chi connectivity index (χ4n) is 1.21. The minimum absolute atomic E-state index is 0.0229. The van der Waals surface area contributed by atoms with Crippen molar-refractivity contribution in [1.82, 2.24) is 5.32 Å². The summed E-state index contributed by atoms with van der Waals surface area (Å²) in [7, 11) is 0. The van der Waals surface area contributed by atoms with Crippen LogP contribution in [0.3, 0.4) is 0 Å². The van der Waals surface area contributed by atoms with Crippen molar-refractivity contribution in [2.75, 3.05) is 6.54 Å². The molecule has 2 unspecified atom stereocenters. The first-order valence-electron chi connectivity index (χ1n) is 5.27. The van der Waals surface area contributed by atoms with E-state index in [1.807, 2.05) is 6.92 Å². The maximum atomic E-state index is 11.9. The van der Waals surface area contributed by atoms with E-state index >= 15 is 0 Å². The molecule has 4 heteroatoms. The van der Waals surface area contributed by atoms with Crippen LogP contribution in [0.4, 0.5) is 8.78 Å². The van der Waals surface area contributed by atoms with Crippen molar-refractivity contribution in [3.8, 4) is 0 Å². The average Bonchev–Trinajstić information content (AvgIpc) is 2.14. The number of nitrogens with one attached hydrogen (secondary N) is 1. The van der Waals surface area contributed by atoms with Crippen LogP contribution in [0.15, 0.2) is 0 Å². The van der Waals surface area contributed by atoms with Crippen LogP contribution in [0.25, 0.3) is 0 Å². The summed E-state index contributed by atoms with van der Waals surface area (Å²) < 4.78 is 23.8. The zero-order valence-corrected chi connectivity index (χ0v) is 8.97. The lowest BCUT2D eigenvalue weighted by atomic mass is 10.1. The predicted molar refractivity (Wildman–Crippen MR) is 53.6 cm³/mol. The van der Waals surface area contributed by atoms with E-state index in [1.165, 1.54) is 6.42 Å². The standard InChI is InChI=1S/C10H21F2NO/c1-3-4-5-6-8(2)13-7-9(14)10(11)12/h8-10,13-14H,3-7H2,1-2H3. The van der Waals surface area contributed by atoms with Gasteiger partial charge in [-0.2, -0.15) is 0 Å². The lowest BCUT2D eigenvalue weighted by Crippen LogP contribution is -2.37. The highest BCUT2D eigenvalue weighted by molar-refractivity contribution is 4.66. The van der Waals surface area contributed by atoms with Crippen LogP contribution in [0.1, 0.15) is 39.5 Å². The second kappa shape index (κ2) is 8.12. The summed E-state index contributed by atoms with van der Waals surface area (Å²) in [5.41, 5.74) is 0. The zero-order chi connectivity index (χ0) is 11.0. The molecule has 0 saturated carbocycles. The highest BCUT2D eigenvalue weighted by atomic mass is 19.3. The van der Waals surface area contributed by atoms with Crippen LogP contribution in [0.5, 0.6) is 0 Å². The van der Waals surface area contributed by atoms with Gasteiger partial charge in [0.1, 0.15) is 6.10 Å². The van der Waals surface area contributed by atoms with Gasteiger partial charge in [-0.3, -0.25) is 0 Å². The maximum Gasteiger partial charge on any atom is 0.265 e. The first-order valence-corrected chi connectivity index (χ1v) is 5.27. The second-order valence-electron chi connectivity index (χ2n) is 3.71. The van der Waals surface area contributed by atoms with Gasteiger partial charge in [0.2, 0.25) is 0 Å². The maximum absolute atomic E-state index is 11.9. The number of halogens is 2. The fourth-order valence-corrected chi connectivity index (χ4v) is 1.21. The van der Waals surface area contributed by atoms with Gasteiger partial charge in [0.25, 0.3) is 6.43 Å². The van der Waals surface area contributed by atoms with Gasteiger partial charge in [-0.1, -0.05) is 26.2 Å². The Balaban J connectivity index is 3.38. The minimum Gasteiger partial charge on any atom is -0.386 e. The van der Waals surface area contributed by atoms with Crippen molar-refractivity contribution in [3.05, 3.63) is 0 Å². The first kappa shape index (κ1) is 13.8. The smallest absolute Gasteiger partial charge is 0.265 e. The minimum atomic E-state index is -2.65. The Morgan fingerprint density at radius 3 is 2.43 bits per heavy atom. The highest BCUT2D eigenvalue weighted by Crippen LogP contribution is 2.04. The monoisotopic (exact) mass is 209 g/mol. The molecule has 2 nitrogen and oxygen atoms in total. The first-order chi connectivity index (χ1) is 6.57. The summed E-state index contributed by atoms with van der Waals surface area (Å²) in [6.07, 6.45) is 0.226. The molecular formula is C10H21F2NO. The molecule has 2 N–H and O–H groups in total. The fraction of sp³-hybridized carbons (Fsp3) is 1.00. The third kappa shape index (κ3) is 7.21. The van der Waals surface area contributed by atoms with E-state index in [0.717, 1.165) is 19.3 Å². The third-order valence-electron chi connectivity index (χ3n) is 2.21. The van der Waals surface area contributed by atoms with Gasteiger partial charge in [0.15, 0.2) is 0 Å². The van der Waals surface area contributed by atoms with E-state index in [9.17, 15) is 8.78 Å². The Kier molecular flexibility index (Phi) is 7.99. The number of aliphatic hydroxyl groups is 1. The molecule has 0 bridgehead atoms. The summed E-state index contributed by atoms with van der Waals surface area (Å²) >= 11 is 0. The molecule has 0 radical (unpaired) electrons. The van der Waals surface area contributed by atoms with E-state index in [1.54, 1.807) is 0 Å². The van der Waals surface area contributed by atoms with Gasteiger partial charge >= 0.3 is 0 Å². The van der Waals surface area contributed by atoms with Crippen molar-refractivity contribution in [1.29, 1.82) is 0 Å². The van der Waals surface area contributed by atoms with E-state index in [-0.39, 0.29) is 12.6 Å². The van der Waals surface area contributed by atoms with Gasteiger partial charge in [-0.05, 0) is 13.3 Å². The SMILES string of the molecule is CCCCCC(C)NCC(O)C(F)F. The summed E-state index contributed by atoms with van der Waals surface area (Å²) in [4.78, 5) is 0. The molecule has 2 atom stereocenters. The molecule has 0 spiro atoms.